The number of nitrogens with two attached hydrogens (primary N) is 1. The summed E-state index contributed by atoms with van der Waals surface area (Å²) in [5.74, 6) is 1.46. The molecule has 2 N–H and O–H groups in total. The van der Waals surface area contributed by atoms with Gasteiger partial charge in [0.05, 0.1) is 16.8 Å². The summed E-state index contributed by atoms with van der Waals surface area (Å²) in [4.78, 5) is 1.36. The van der Waals surface area contributed by atoms with Crippen molar-refractivity contribution in [3.63, 3.8) is 0 Å². The van der Waals surface area contributed by atoms with Gasteiger partial charge in [-0.2, -0.15) is 0 Å². The smallest absolute Gasteiger partial charge is 0.283 e. The van der Waals surface area contributed by atoms with Gasteiger partial charge in [-0.05, 0) is 43.4 Å². The second-order valence-electron chi connectivity index (χ2n) is 4.84. The number of thiophene rings is 1. The first-order chi connectivity index (χ1) is 9.83. The van der Waals surface area contributed by atoms with Crippen molar-refractivity contribution in [2.45, 2.75) is 25.7 Å². The Morgan fingerprint density at radius 1 is 1.15 bits per heavy atom. The SMILES string of the molecule is Nc1sc2c(c1-c1nnc(-c3ccco3)o1)CCCC2. The predicted octanol–water partition coefficient (Wildman–Crippen LogP) is 3.52. The van der Waals surface area contributed by atoms with Crippen molar-refractivity contribution in [1.29, 1.82) is 0 Å². The van der Waals surface area contributed by atoms with Crippen molar-refractivity contribution in [2.24, 2.45) is 0 Å². The Morgan fingerprint density at radius 2 is 2.00 bits per heavy atom. The van der Waals surface area contributed by atoms with Crippen LogP contribution < -0.4 is 5.73 Å². The molecule has 1 aliphatic rings. The van der Waals surface area contributed by atoms with Crippen LogP contribution in [0.15, 0.2) is 27.2 Å². The molecule has 0 spiro atoms. The van der Waals surface area contributed by atoms with E-state index in [9.17, 15) is 0 Å². The van der Waals surface area contributed by atoms with Crippen molar-refractivity contribution >= 4 is 16.3 Å². The third kappa shape index (κ3) is 1.76. The van der Waals surface area contributed by atoms with Gasteiger partial charge in [-0.1, -0.05) is 0 Å². The number of anilines is 1. The van der Waals surface area contributed by atoms with E-state index in [1.807, 2.05) is 0 Å². The van der Waals surface area contributed by atoms with Gasteiger partial charge in [0.2, 0.25) is 0 Å². The Morgan fingerprint density at radius 3 is 2.85 bits per heavy atom. The van der Waals surface area contributed by atoms with E-state index < -0.39 is 0 Å². The normalized spacial score (nSPS) is 14.4. The third-order valence-corrected chi connectivity index (χ3v) is 4.69. The van der Waals surface area contributed by atoms with Gasteiger partial charge in [-0.3, -0.25) is 0 Å². The molecule has 3 aromatic heterocycles. The summed E-state index contributed by atoms with van der Waals surface area (Å²) in [6.45, 7) is 0. The Kier molecular flexibility index (Phi) is 2.63. The number of furan rings is 1. The summed E-state index contributed by atoms with van der Waals surface area (Å²) in [6.07, 6.45) is 6.14. The fraction of sp³-hybridized carbons (Fsp3) is 0.286. The summed E-state index contributed by atoms with van der Waals surface area (Å²) in [6, 6.07) is 3.59. The Labute approximate surface area is 119 Å². The molecule has 0 amide bonds. The highest BCUT2D eigenvalue weighted by Gasteiger charge is 2.24. The molecule has 0 saturated carbocycles. The molecule has 20 heavy (non-hydrogen) atoms. The average Bonchev–Trinajstić information content (AvgIpc) is 3.16. The van der Waals surface area contributed by atoms with E-state index in [0.29, 0.717) is 17.5 Å². The molecule has 0 atom stereocenters. The zero-order valence-corrected chi connectivity index (χ0v) is 11.6. The van der Waals surface area contributed by atoms with Gasteiger partial charge in [-0.15, -0.1) is 21.5 Å². The van der Waals surface area contributed by atoms with Crippen LogP contribution in [0.3, 0.4) is 0 Å². The van der Waals surface area contributed by atoms with Crippen molar-refractivity contribution in [2.75, 3.05) is 5.73 Å². The second kappa shape index (κ2) is 4.49. The Hall–Kier alpha value is -2.08. The van der Waals surface area contributed by atoms with Gasteiger partial charge in [0.25, 0.3) is 11.8 Å². The van der Waals surface area contributed by atoms with Crippen LogP contribution in [0, 0.1) is 0 Å². The molecular formula is C14H13N3O2S. The van der Waals surface area contributed by atoms with Crippen LogP contribution in [0.4, 0.5) is 5.00 Å². The van der Waals surface area contributed by atoms with E-state index in [2.05, 4.69) is 10.2 Å². The van der Waals surface area contributed by atoms with Crippen LogP contribution in [0.1, 0.15) is 23.3 Å². The fourth-order valence-electron chi connectivity index (χ4n) is 2.65. The van der Waals surface area contributed by atoms with Crippen LogP contribution in [-0.2, 0) is 12.8 Å². The minimum atomic E-state index is 0.389. The fourth-order valence-corrected chi connectivity index (χ4v) is 3.80. The number of fused-ring (bicyclic) bond motifs is 1. The Balaban J connectivity index is 1.80. The minimum absolute atomic E-state index is 0.389. The van der Waals surface area contributed by atoms with Crippen molar-refractivity contribution < 1.29 is 8.83 Å². The monoisotopic (exact) mass is 287 g/mol. The van der Waals surface area contributed by atoms with E-state index in [4.69, 9.17) is 14.6 Å². The van der Waals surface area contributed by atoms with Gasteiger partial charge in [0, 0.05) is 4.88 Å². The number of rotatable bonds is 2. The lowest BCUT2D eigenvalue weighted by atomic mass is 9.95. The van der Waals surface area contributed by atoms with E-state index in [0.717, 1.165) is 23.4 Å². The molecular weight excluding hydrogens is 274 g/mol. The average molecular weight is 287 g/mol. The molecule has 0 saturated heterocycles. The maximum atomic E-state index is 6.15. The molecule has 0 radical (unpaired) electrons. The minimum Gasteiger partial charge on any atom is -0.459 e. The number of aromatic nitrogens is 2. The molecule has 0 aliphatic heterocycles. The summed E-state index contributed by atoms with van der Waals surface area (Å²) < 4.78 is 11.0. The van der Waals surface area contributed by atoms with Crippen LogP contribution in [0.25, 0.3) is 23.1 Å². The van der Waals surface area contributed by atoms with Crippen LogP contribution in [-0.4, -0.2) is 10.2 Å². The second-order valence-corrected chi connectivity index (χ2v) is 5.98. The molecule has 4 rings (SSSR count). The summed E-state index contributed by atoms with van der Waals surface area (Å²) >= 11 is 1.64. The lowest BCUT2D eigenvalue weighted by Gasteiger charge is -2.10. The summed E-state index contributed by atoms with van der Waals surface area (Å²) in [5.41, 5.74) is 8.36. The first-order valence-electron chi connectivity index (χ1n) is 6.60. The number of hydrogen-bond acceptors (Lipinski definition) is 6. The predicted molar refractivity (Wildman–Crippen MR) is 76.4 cm³/mol. The Bertz CT molecular complexity index is 743. The first kappa shape index (κ1) is 11.7. The molecule has 5 nitrogen and oxygen atoms in total. The largest absolute Gasteiger partial charge is 0.459 e. The van der Waals surface area contributed by atoms with E-state index in [-0.39, 0.29) is 0 Å². The maximum Gasteiger partial charge on any atom is 0.283 e. The van der Waals surface area contributed by atoms with Crippen molar-refractivity contribution in [1.82, 2.24) is 10.2 Å². The summed E-state index contributed by atoms with van der Waals surface area (Å²) in [5, 5.41) is 8.95. The molecule has 0 fully saturated rings. The number of nitrogen functional groups attached to an aromatic ring is 1. The lowest BCUT2D eigenvalue weighted by Crippen LogP contribution is -1.99. The number of aryl methyl sites for hydroxylation is 1. The van der Waals surface area contributed by atoms with Crippen LogP contribution >= 0.6 is 11.3 Å². The van der Waals surface area contributed by atoms with Gasteiger partial charge in [-0.25, -0.2) is 0 Å². The molecule has 3 heterocycles. The molecule has 0 bridgehead atoms. The van der Waals surface area contributed by atoms with Crippen LogP contribution in [0.5, 0.6) is 0 Å². The first-order valence-corrected chi connectivity index (χ1v) is 7.42. The standard InChI is InChI=1S/C14H13N3O2S/c15-12-11(8-4-1-2-6-10(8)20-12)14-17-16-13(19-14)9-5-3-7-18-9/h3,5,7H,1-2,4,6,15H2. The molecule has 1 aliphatic carbocycles. The molecule has 102 valence electrons. The van der Waals surface area contributed by atoms with Crippen molar-refractivity contribution in [3.05, 3.63) is 28.8 Å². The highest BCUT2D eigenvalue weighted by Crippen LogP contribution is 2.42. The van der Waals surface area contributed by atoms with Crippen LogP contribution in [0.2, 0.25) is 0 Å². The molecule has 3 aromatic rings. The van der Waals surface area contributed by atoms with Crippen molar-refractivity contribution in [3.8, 4) is 23.1 Å². The maximum absolute atomic E-state index is 6.15. The van der Waals surface area contributed by atoms with E-state index in [1.165, 1.54) is 23.3 Å². The number of hydrogen-bond donors (Lipinski definition) is 1. The van der Waals surface area contributed by atoms with Gasteiger partial charge >= 0.3 is 0 Å². The molecule has 0 unspecified atom stereocenters. The lowest BCUT2D eigenvalue weighted by molar-refractivity contribution is 0.523. The highest BCUT2D eigenvalue weighted by molar-refractivity contribution is 7.16. The van der Waals surface area contributed by atoms with E-state index >= 15 is 0 Å². The zero-order valence-electron chi connectivity index (χ0n) is 10.8. The summed E-state index contributed by atoms with van der Waals surface area (Å²) in [7, 11) is 0. The third-order valence-electron chi connectivity index (χ3n) is 3.57. The topological polar surface area (TPSA) is 78.1 Å². The molecule has 0 aromatic carbocycles. The van der Waals surface area contributed by atoms with Gasteiger partial charge in [0.15, 0.2) is 5.76 Å². The number of nitrogens with zero attached hydrogens (tertiary/aromatic N) is 2. The van der Waals surface area contributed by atoms with E-state index in [1.54, 1.807) is 29.7 Å². The zero-order chi connectivity index (χ0) is 13.5. The quantitative estimate of drug-likeness (QED) is 0.780. The molecule has 6 heteroatoms. The highest BCUT2D eigenvalue weighted by atomic mass is 32.1. The van der Waals surface area contributed by atoms with Gasteiger partial charge in [0.1, 0.15) is 0 Å². The van der Waals surface area contributed by atoms with Gasteiger partial charge < -0.3 is 14.6 Å².